The number of carbonyl (C=O) groups excluding carboxylic acids is 1. The molecule has 0 radical (unpaired) electrons. The fourth-order valence-corrected chi connectivity index (χ4v) is 1.84. The Bertz CT molecular complexity index is 516. The van der Waals surface area contributed by atoms with Crippen molar-refractivity contribution in [3.8, 4) is 0 Å². The van der Waals surface area contributed by atoms with Crippen molar-refractivity contribution in [2.75, 3.05) is 0 Å². The Morgan fingerprint density at radius 2 is 2.24 bits per heavy atom. The molecule has 0 bridgehead atoms. The first-order valence-corrected chi connectivity index (χ1v) is 5.74. The number of nitrogens with two attached hydrogens (primary N) is 1. The van der Waals surface area contributed by atoms with Gasteiger partial charge in [-0.05, 0) is 18.6 Å². The molecule has 4 N–H and O–H groups in total. The summed E-state index contributed by atoms with van der Waals surface area (Å²) in [6, 6.07) is 7.93. The van der Waals surface area contributed by atoms with E-state index in [-0.39, 0.29) is 11.9 Å². The van der Waals surface area contributed by atoms with Crippen LogP contribution in [0.1, 0.15) is 18.9 Å². The molecule has 0 aliphatic rings. The summed E-state index contributed by atoms with van der Waals surface area (Å²) in [5, 5.41) is 4.02. The Balaban J connectivity index is 2.02. The van der Waals surface area contributed by atoms with Gasteiger partial charge in [0.1, 0.15) is 0 Å². The van der Waals surface area contributed by atoms with Crippen LogP contribution in [0, 0.1) is 0 Å². The predicted octanol–water partition coefficient (Wildman–Crippen LogP) is 1.52. The van der Waals surface area contributed by atoms with E-state index in [1.807, 2.05) is 37.4 Å². The van der Waals surface area contributed by atoms with E-state index in [2.05, 4.69) is 10.3 Å². The van der Waals surface area contributed by atoms with Gasteiger partial charge >= 0.3 is 0 Å². The van der Waals surface area contributed by atoms with Crippen LogP contribution in [0.3, 0.4) is 0 Å². The number of rotatable bonds is 4. The maximum atomic E-state index is 11.5. The highest BCUT2D eigenvalue weighted by molar-refractivity contribution is 5.84. The highest BCUT2D eigenvalue weighted by Crippen LogP contribution is 2.17. The molecule has 2 rings (SSSR count). The number of H-pyrrole nitrogens is 1. The molecule has 1 aromatic carbocycles. The number of carbonyl (C=O) groups is 1. The van der Waals surface area contributed by atoms with Crippen molar-refractivity contribution < 1.29 is 4.79 Å². The summed E-state index contributed by atoms with van der Waals surface area (Å²) >= 11 is 0. The van der Waals surface area contributed by atoms with Gasteiger partial charge in [-0.3, -0.25) is 4.79 Å². The van der Waals surface area contributed by atoms with Gasteiger partial charge in [-0.1, -0.05) is 18.2 Å². The minimum Gasteiger partial charge on any atom is -0.361 e. The van der Waals surface area contributed by atoms with Crippen LogP contribution >= 0.6 is 0 Å². The second-order valence-corrected chi connectivity index (χ2v) is 4.32. The molecule has 0 aliphatic carbocycles. The molecule has 0 spiro atoms. The number of amides is 1. The fourth-order valence-electron chi connectivity index (χ4n) is 1.84. The van der Waals surface area contributed by atoms with E-state index < -0.39 is 0 Å². The van der Waals surface area contributed by atoms with Crippen molar-refractivity contribution in [3.05, 3.63) is 36.0 Å². The lowest BCUT2D eigenvalue weighted by atomic mass is 10.1. The van der Waals surface area contributed by atoms with Gasteiger partial charge in [-0.25, -0.2) is 0 Å². The number of fused-ring (bicyclic) bond motifs is 1. The third-order valence-electron chi connectivity index (χ3n) is 2.66. The van der Waals surface area contributed by atoms with Crippen LogP contribution in [0.4, 0.5) is 0 Å². The van der Waals surface area contributed by atoms with Crippen LogP contribution in [0.5, 0.6) is 0 Å². The Morgan fingerprint density at radius 1 is 1.47 bits per heavy atom. The molecule has 0 fully saturated rings. The van der Waals surface area contributed by atoms with E-state index >= 15 is 0 Å². The zero-order chi connectivity index (χ0) is 12.3. The molecule has 1 heterocycles. The van der Waals surface area contributed by atoms with Gasteiger partial charge in [0.25, 0.3) is 0 Å². The molecule has 4 heteroatoms. The first kappa shape index (κ1) is 11.7. The Labute approximate surface area is 100 Å². The van der Waals surface area contributed by atoms with Gasteiger partial charge in [-0.2, -0.15) is 0 Å². The summed E-state index contributed by atoms with van der Waals surface area (Å²) in [5.74, 6) is -0.00900. The van der Waals surface area contributed by atoms with E-state index in [1.54, 1.807) is 0 Å². The molecule has 1 aromatic heterocycles. The largest absolute Gasteiger partial charge is 0.361 e. The predicted molar refractivity (Wildman–Crippen MR) is 68.4 cm³/mol. The van der Waals surface area contributed by atoms with Crippen molar-refractivity contribution in [3.63, 3.8) is 0 Å². The van der Waals surface area contributed by atoms with Crippen LogP contribution in [-0.4, -0.2) is 16.9 Å². The van der Waals surface area contributed by atoms with E-state index in [0.717, 1.165) is 16.5 Å². The van der Waals surface area contributed by atoms with Crippen LogP contribution < -0.4 is 11.1 Å². The van der Waals surface area contributed by atoms with Gasteiger partial charge in [0.05, 0.1) is 0 Å². The monoisotopic (exact) mass is 231 g/mol. The molecule has 0 saturated carbocycles. The van der Waals surface area contributed by atoms with E-state index in [0.29, 0.717) is 13.0 Å². The Morgan fingerprint density at radius 3 is 3.00 bits per heavy atom. The number of para-hydroxylation sites is 1. The van der Waals surface area contributed by atoms with Crippen LogP contribution in [0.2, 0.25) is 0 Å². The summed E-state index contributed by atoms with van der Waals surface area (Å²) in [7, 11) is 0. The van der Waals surface area contributed by atoms with Crippen LogP contribution in [0.15, 0.2) is 30.5 Å². The number of hydrogen-bond acceptors (Lipinski definition) is 2. The summed E-state index contributed by atoms with van der Waals surface area (Å²) in [6.07, 6.45) is 2.29. The lowest BCUT2D eigenvalue weighted by molar-refractivity contribution is -0.121. The molecule has 90 valence electrons. The fraction of sp³-hybridized carbons (Fsp3) is 0.308. The summed E-state index contributed by atoms with van der Waals surface area (Å²) in [5.41, 5.74) is 7.75. The SMILES string of the molecule is CC(N)CC(=O)NCc1c[nH]c2ccccc12. The van der Waals surface area contributed by atoms with Gasteiger partial charge in [0.15, 0.2) is 0 Å². The van der Waals surface area contributed by atoms with Crippen LogP contribution in [-0.2, 0) is 11.3 Å². The van der Waals surface area contributed by atoms with Crippen molar-refractivity contribution in [2.45, 2.75) is 25.9 Å². The number of aromatic amines is 1. The molecule has 1 unspecified atom stereocenters. The third kappa shape index (κ3) is 2.85. The number of hydrogen-bond donors (Lipinski definition) is 3. The van der Waals surface area contributed by atoms with E-state index in [4.69, 9.17) is 5.73 Å². The molecule has 17 heavy (non-hydrogen) atoms. The van der Waals surface area contributed by atoms with Crippen molar-refractivity contribution in [1.82, 2.24) is 10.3 Å². The van der Waals surface area contributed by atoms with Gasteiger partial charge in [0.2, 0.25) is 5.91 Å². The zero-order valence-electron chi connectivity index (χ0n) is 9.86. The second kappa shape index (κ2) is 5.01. The average molecular weight is 231 g/mol. The van der Waals surface area contributed by atoms with Crippen molar-refractivity contribution in [2.24, 2.45) is 5.73 Å². The Hall–Kier alpha value is -1.81. The van der Waals surface area contributed by atoms with Crippen LogP contribution in [0.25, 0.3) is 10.9 Å². The smallest absolute Gasteiger partial charge is 0.221 e. The van der Waals surface area contributed by atoms with Gasteiger partial charge < -0.3 is 16.0 Å². The number of benzene rings is 1. The Kier molecular flexibility index (Phi) is 3.44. The lowest BCUT2D eigenvalue weighted by Crippen LogP contribution is -2.29. The molecule has 0 saturated heterocycles. The number of aromatic nitrogens is 1. The molecule has 0 aliphatic heterocycles. The first-order chi connectivity index (χ1) is 8.16. The molecule has 4 nitrogen and oxygen atoms in total. The van der Waals surface area contributed by atoms with E-state index in [9.17, 15) is 4.79 Å². The minimum absolute atomic E-state index is 0.00900. The van der Waals surface area contributed by atoms with E-state index in [1.165, 1.54) is 0 Å². The topological polar surface area (TPSA) is 70.9 Å². The highest BCUT2D eigenvalue weighted by atomic mass is 16.1. The maximum absolute atomic E-state index is 11.5. The minimum atomic E-state index is -0.0991. The van der Waals surface area contributed by atoms with Crippen molar-refractivity contribution in [1.29, 1.82) is 0 Å². The summed E-state index contributed by atoms with van der Waals surface area (Å²) in [4.78, 5) is 14.7. The molecular weight excluding hydrogens is 214 g/mol. The zero-order valence-corrected chi connectivity index (χ0v) is 9.86. The second-order valence-electron chi connectivity index (χ2n) is 4.32. The van der Waals surface area contributed by atoms with Gasteiger partial charge in [0, 0.05) is 36.1 Å². The molecular formula is C13H17N3O. The maximum Gasteiger partial charge on any atom is 0.221 e. The standard InChI is InChI=1S/C13H17N3O/c1-9(14)6-13(17)16-8-10-7-15-12-5-3-2-4-11(10)12/h2-5,7,9,15H,6,8,14H2,1H3,(H,16,17). The van der Waals surface area contributed by atoms with Gasteiger partial charge in [-0.15, -0.1) is 0 Å². The molecule has 1 atom stereocenters. The average Bonchev–Trinajstić information content (AvgIpc) is 2.69. The summed E-state index contributed by atoms with van der Waals surface area (Å²) < 4.78 is 0. The number of nitrogens with one attached hydrogen (secondary N) is 2. The normalized spacial score (nSPS) is 12.6. The van der Waals surface area contributed by atoms with Crippen molar-refractivity contribution >= 4 is 16.8 Å². The highest BCUT2D eigenvalue weighted by Gasteiger charge is 2.06. The molecule has 1 amide bonds. The quantitative estimate of drug-likeness (QED) is 0.746. The third-order valence-corrected chi connectivity index (χ3v) is 2.66. The molecule has 2 aromatic rings. The first-order valence-electron chi connectivity index (χ1n) is 5.74. The summed E-state index contributed by atoms with van der Waals surface area (Å²) in [6.45, 7) is 2.36. The lowest BCUT2D eigenvalue weighted by Gasteiger charge is -2.06.